The highest BCUT2D eigenvalue weighted by atomic mass is 79.9. The molecule has 1 fully saturated rings. The zero-order chi connectivity index (χ0) is 15.1. The smallest absolute Gasteiger partial charge is 0.143 e. The van der Waals surface area contributed by atoms with Gasteiger partial charge in [-0.2, -0.15) is 0 Å². The van der Waals surface area contributed by atoms with Crippen LogP contribution in [-0.2, 0) is 12.5 Å². The van der Waals surface area contributed by atoms with E-state index < -0.39 is 5.60 Å². The quantitative estimate of drug-likeness (QED) is 0.865. The Hall–Kier alpha value is -1.46. The molecular formula is C16H18BrN3O. The Balaban J connectivity index is 2.06. The number of nitrogens with zero attached hydrogens (tertiary/aromatic N) is 3. The van der Waals surface area contributed by atoms with Crippen LogP contribution in [0.4, 0.5) is 0 Å². The molecule has 1 saturated carbocycles. The lowest BCUT2D eigenvalue weighted by molar-refractivity contribution is -0.0777. The monoisotopic (exact) mass is 347 g/mol. The Morgan fingerprint density at radius 2 is 2.24 bits per heavy atom. The molecular weight excluding hydrogens is 330 g/mol. The molecule has 3 rings (SSSR count). The van der Waals surface area contributed by atoms with Crippen LogP contribution in [0.2, 0.25) is 0 Å². The average Bonchev–Trinajstić information content (AvgIpc) is 2.82. The summed E-state index contributed by atoms with van der Waals surface area (Å²) in [5.41, 5.74) is 0.171. The molecule has 0 amide bonds. The van der Waals surface area contributed by atoms with E-state index >= 15 is 0 Å². The molecule has 2 aromatic rings. The summed E-state index contributed by atoms with van der Waals surface area (Å²) < 4.78 is 2.97. The fourth-order valence-electron chi connectivity index (χ4n) is 3.48. The van der Waals surface area contributed by atoms with Gasteiger partial charge in [-0.1, -0.05) is 34.1 Å². The molecule has 110 valence electrons. The SMILES string of the molecule is C=CC[C@]1(O)C[C@@](c2cccc(Br)c2)(c2nncn2C)C1. The van der Waals surface area contributed by atoms with Crippen molar-refractivity contribution < 1.29 is 5.11 Å². The third kappa shape index (κ3) is 2.34. The highest BCUT2D eigenvalue weighted by molar-refractivity contribution is 9.10. The molecule has 0 radical (unpaired) electrons. The summed E-state index contributed by atoms with van der Waals surface area (Å²) in [6.45, 7) is 3.74. The van der Waals surface area contributed by atoms with Crippen LogP contribution in [0, 0.1) is 0 Å². The maximum Gasteiger partial charge on any atom is 0.143 e. The third-order valence-electron chi connectivity index (χ3n) is 4.30. The first-order valence-electron chi connectivity index (χ1n) is 6.93. The van der Waals surface area contributed by atoms with Crippen LogP contribution < -0.4 is 0 Å². The van der Waals surface area contributed by atoms with Gasteiger partial charge in [0.05, 0.1) is 11.0 Å². The molecule has 0 aliphatic heterocycles. The van der Waals surface area contributed by atoms with Crippen molar-refractivity contribution in [3.63, 3.8) is 0 Å². The largest absolute Gasteiger partial charge is 0.389 e. The molecule has 0 bridgehead atoms. The Bertz CT molecular complexity index is 674. The number of hydrogen-bond acceptors (Lipinski definition) is 3. The lowest BCUT2D eigenvalue weighted by Crippen LogP contribution is -2.56. The second kappa shape index (κ2) is 5.07. The number of benzene rings is 1. The number of aryl methyl sites for hydroxylation is 1. The minimum Gasteiger partial charge on any atom is -0.389 e. The molecule has 0 atom stereocenters. The van der Waals surface area contributed by atoms with E-state index in [0.717, 1.165) is 15.9 Å². The van der Waals surface area contributed by atoms with E-state index in [2.05, 4.69) is 44.8 Å². The minimum atomic E-state index is -0.698. The zero-order valence-electron chi connectivity index (χ0n) is 12.0. The maximum absolute atomic E-state index is 10.6. The van der Waals surface area contributed by atoms with E-state index in [1.54, 1.807) is 12.4 Å². The molecule has 4 nitrogen and oxygen atoms in total. The van der Waals surface area contributed by atoms with Crippen molar-refractivity contribution in [2.45, 2.75) is 30.3 Å². The third-order valence-corrected chi connectivity index (χ3v) is 4.80. The summed E-state index contributed by atoms with van der Waals surface area (Å²) in [7, 11) is 1.94. The molecule has 1 N–H and O–H groups in total. The van der Waals surface area contributed by atoms with Gasteiger partial charge in [0.2, 0.25) is 0 Å². The Labute approximate surface area is 132 Å². The van der Waals surface area contributed by atoms with Crippen molar-refractivity contribution in [3.05, 3.63) is 59.1 Å². The van der Waals surface area contributed by atoms with E-state index in [9.17, 15) is 5.11 Å². The van der Waals surface area contributed by atoms with Gasteiger partial charge < -0.3 is 9.67 Å². The van der Waals surface area contributed by atoms with Gasteiger partial charge in [0.15, 0.2) is 0 Å². The molecule has 1 aliphatic carbocycles. The Kier molecular flexibility index (Phi) is 3.50. The average molecular weight is 348 g/mol. The van der Waals surface area contributed by atoms with Gasteiger partial charge in [-0.3, -0.25) is 0 Å². The van der Waals surface area contributed by atoms with Crippen molar-refractivity contribution in [1.82, 2.24) is 14.8 Å². The number of halogens is 1. The first-order valence-corrected chi connectivity index (χ1v) is 7.72. The van der Waals surface area contributed by atoms with E-state index in [4.69, 9.17) is 0 Å². The zero-order valence-corrected chi connectivity index (χ0v) is 13.5. The molecule has 0 saturated heterocycles. The topological polar surface area (TPSA) is 50.9 Å². The second-order valence-electron chi connectivity index (χ2n) is 5.93. The number of aliphatic hydroxyl groups is 1. The van der Waals surface area contributed by atoms with Crippen LogP contribution in [0.15, 0.2) is 47.7 Å². The van der Waals surface area contributed by atoms with Crippen LogP contribution in [0.1, 0.15) is 30.7 Å². The van der Waals surface area contributed by atoms with Crippen LogP contribution in [0.25, 0.3) is 0 Å². The van der Waals surface area contributed by atoms with E-state index in [0.29, 0.717) is 19.3 Å². The van der Waals surface area contributed by atoms with Gasteiger partial charge in [-0.25, -0.2) is 0 Å². The second-order valence-corrected chi connectivity index (χ2v) is 6.84. The van der Waals surface area contributed by atoms with Gasteiger partial charge in [-0.15, -0.1) is 16.8 Å². The van der Waals surface area contributed by atoms with Gasteiger partial charge >= 0.3 is 0 Å². The van der Waals surface area contributed by atoms with Gasteiger partial charge in [0.1, 0.15) is 12.2 Å². The van der Waals surface area contributed by atoms with Crippen LogP contribution >= 0.6 is 15.9 Å². The predicted octanol–water partition coefficient (Wildman–Crippen LogP) is 2.96. The lowest BCUT2D eigenvalue weighted by Gasteiger charge is -2.52. The van der Waals surface area contributed by atoms with Crippen molar-refractivity contribution in [2.75, 3.05) is 0 Å². The highest BCUT2D eigenvalue weighted by Crippen LogP contribution is 2.55. The highest BCUT2D eigenvalue weighted by Gasteiger charge is 2.57. The molecule has 5 heteroatoms. The first kappa shape index (κ1) is 14.5. The molecule has 1 aromatic heterocycles. The maximum atomic E-state index is 10.6. The summed E-state index contributed by atoms with van der Waals surface area (Å²) >= 11 is 3.53. The number of hydrogen-bond donors (Lipinski definition) is 1. The van der Waals surface area contributed by atoms with E-state index in [1.807, 2.05) is 23.7 Å². The van der Waals surface area contributed by atoms with Crippen molar-refractivity contribution in [2.24, 2.45) is 7.05 Å². The number of aromatic nitrogens is 3. The van der Waals surface area contributed by atoms with Crippen LogP contribution in [-0.4, -0.2) is 25.5 Å². The van der Waals surface area contributed by atoms with Crippen molar-refractivity contribution in [1.29, 1.82) is 0 Å². The fourth-order valence-corrected chi connectivity index (χ4v) is 3.88. The number of rotatable bonds is 4. The standard InChI is InChI=1S/C16H18BrN3O/c1-3-7-15(21)9-16(10-15,14-19-18-11-20(14)2)12-5-4-6-13(17)8-12/h3-6,8,11,21H,1,7,9-10H2,2H3/t15-,16+. The van der Waals surface area contributed by atoms with E-state index in [-0.39, 0.29) is 5.41 Å². The summed E-state index contributed by atoms with van der Waals surface area (Å²) in [5.74, 6) is 0.898. The molecule has 1 aromatic carbocycles. The van der Waals surface area contributed by atoms with Crippen molar-refractivity contribution >= 4 is 15.9 Å². The molecule has 0 spiro atoms. The first-order chi connectivity index (χ1) is 9.99. The van der Waals surface area contributed by atoms with Crippen LogP contribution in [0.5, 0.6) is 0 Å². The Morgan fingerprint density at radius 1 is 1.48 bits per heavy atom. The minimum absolute atomic E-state index is 0.285. The van der Waals surface area contributed by atoms with Gasteiger partial charge in [-0.05, 0) is 37.0 Å². The molecule has 21 heavy (non-hydrogen) atoms. The summed E-state index contributed by atoms with van der Waals surface area (Å²) in [6.07, 6.45) is 5.35. The van der Waals surface area contributed by atoms with Gasteiger partial charge in [0.25, 0.3) is 0 Å². The van der Waals surface area contributed by atoms with Gasteiger partial charge in [0, 0.05) is 11.5 Å². The van der Waals surface area contributed by atoms with E-state index in [1.165, 1.54) is 0 Å². The summed E-state index contributed by atoms with van der Waals surface area (Å²) in [4.78, 5) is 0. The predicted molar refractivity (Wildman–Crippen MR) is 84.9 cm³/mol. The van der Waals surface area contributed by atoms with Crippen LogP contribution in [0.3, 0.4) is 0 Å². The molecule has 1 heterocycles. The van der Waals surface area contributed by atoms with Crippen molar-refractivity contribution in [3.8, 4) is 0 Å². The lowest BCUT2D eigenvalue weighted by atomic mass is 9.54. The summed E-state index contributed by atoms with van der Waals surface area (Å²) in [5, 5.41) is 18.9. The normalized spacial score (nSPS) is 28.1. The fraction of sp³-hybridized carbons (Fsp3) is 0.375. The summed E-state index contributed by atoms with van der Waals surface area (Å²) in [6, 6.07) is 8.21. The Morgan fingerprint density at radius 3 is 2.81 bits per heavy atom. The molecule has 0 unspecified atom stereocenters. The molecule has 1 aliphatic rings.